The van der Waals surface area contributed by atoms with Crippen LogP contribution in [0.15, 0.2) is 60.9 Å². The molecule has 35 heavy (non-hydrogen) atoms. The van der Waals surface area contributed by atoms with Gasteiger partial charge in [-0.1, -0.05) is 19.1 Å². The van der Waals surface area contributed by atoms with E-state index in [-0.39, 0.29) is 5.91 Å². The van der Waals surface area contributed by atoms with E-state index in [0.29, 0.717) is 35.6 Å². The van der Waals surface area contributed by atoms with Crippen LogP contribution in [0.2, 0.25) is 0 Å². The highest BCUT2D eigenvalue weighted by molar-refractivity contribution is 6.09. The molecular formula is C25H24N8O2. The Kier molecular flexibility index (Phi) is 5.71. The number of nitrogen functional groups attached to an aromatic ring is 1. The van der Waals surface area contributed by atoms with Crippen LogP contribution in [0, 0.1) is 6.92 Å². The van der Waals surface area contributed by atoms with Crippen LogP contribution in [0.25, 0.3) is 16.6 Å². The van der Waals surface area contributed by atoms with Gasteiger partial charge in [0, 0.05) is 22.8 Å². The van der Waals surface area contributed by atoms with Crippen molar-refractivity contribution in [3.05, 3.63) is 89.3 Å². The summed E-state index contributed by atoms with van der Waals surface area (Å²) in [4.78, 5) is 33.9. The first-order valence-corrected chi connectivity index (χ1v) is 11.2. The molecule has 5 rings (SSSR count). The number of carbonyl (C=O) groups excluding carboxylic acids is 2. The number of nitrogens with zero attached hydrogens (tertiary/aromatic N) is 5. The Morgan fingerprint density at radius 2 is 1.91 bits per heavy atom. The summed E-state index contributed by atoms with van der Waals surface area (Å²) in [7, 11) is 0. The van der Waals surface area contributed by atoms with E-state index in [2.05, 4.69) is 20.7 Å². The SMILES string of the molecule is CCc1nn(Cc2cccc(C)n2)c2cccc(NC(=O)c3cnc4cc(C(=O)NN)ccn34)c12. The fourth-order valence-electron chi connectivity index (χ4n) is 4.18. The molecule has 0 bridgehead atoms. The number of imidazole rings is 1. The first kappa shape index (κ1) is 22.2. The summed E-state index contributed by atoms with van der Waals surface area (Å²) in [6.07, 6.45) is 3.80. The van der Waals surface area contributed by atoms with Crippen molar-refractivity contribution >= 4 is 34.1 Å². The van der Waals surface area contributed by atoms with Crippen LogP contribution in [-0.4, -0.2) is 36.0 Å². The Bertz CT molecular complexity index is 1580. The molecule has 4 aromatic heterocycles. The molecule has 10 heteroatoms. The van der Waals surface area contributed by atoms with Gasteiger partial charge >= 0.3 is 0 Å². The zero-order valence-corrected chi connectivity index (χ0v) is 19.3. The summed E-state index contributed by atoms with van der Waals surface area (Å²) in [5, 5.41) is 8.72. The van der Waals surface area contributed by atoms with Gasteiger partial charge in [-0.05, 0) is 49.7 Å². The molecule has 2 amide bonds. The van der Waals surface area contributed by atoms with Crippen molar-refractivity contribution in [2.75, 3.05) is 5.32 Å². The number of hydrogen-bond donors (Lipinski definition) is 3. The molecule has 4 N–H and O–H groups in total. The molecule has 0 spiro atoms. The minimum absolute atomic E-state index is 0.323. The second kappa shape index (κ2) is 8.99. The Morgan fingerprint density at radius 3 is 2.69 bits per heavy atom. The van der Waals surface area contributed by atoms with Crippen LogP contribution in [0.4, 0.5) is 5.69 Å². The highest BCUT2D eigenvalue weighted by atomic mass is 16.2. The third-order valence-corrected chi connectivity index (χ3v) is 5.83. The summed E-state index contributed by atoms with van der Waals surface area (Å²) < 4.78 is 3.54. The number of nitrogens with one attached hydrogen (secondary N) is 2. The number of hydrogen-bond acceptors (Lipinski definition) is 6. The molecule has 4 heterocycles. The lowest BCUT2D eigenvalue weighted by atomic mass is 10.1. The number of pyridine rings is 2. The predicted molar refractivity (Wildman–Crippen MR) is 132 cm³/mol. The Hall–Kier alpha value is -4.57. The molecule has 1 aromatic carbocycles. The van der Waals surface area contributed by atoms with Gasteiger partial charge in [-0.3, -0.25) is 29.1 Å². The molecule has 0 saturated heterocycles. The fraction of sp³-hybridized carbons (Fsp3) is 0.160. The summed E-state index contributed by atoms with van der Waals surface area (Å²) in [6, 6.07) is 14.8. The zero-order valence-electron chi connectivity index (χ0n) is 19.3. The first-order chi connectivity index (χ1) is 17.0. The van der Waals surface area contributed by atoms with E-state index in [0.717, 1.165) is 28.0 Å². The number of amides is 2. The molecule has 0 unspecified atom stereocenters. The van der Waals surface area contributed by atoms with Gasteiger partial charge in [-0.15, -0.1) is 0 Å². The van der Waals surface area contributed by atoms with Crippen LogP contribution >= 0.6 is 0 Å². The molecule has 0 radical (unpaired) electrons. The van der Waals surface area contributed by atoms with Gasteiger partial charge < -0.3 is 5.32 Å². The number of rotatable bonds is 6. The van der Waals surface area contributed by atoms with Crippen molar-refractivity contribution in [2.24, 2.45) is 5.84 Å². The van der Waals surface area contributed by atoms with E-state index >= 15 is 0 Å². The van der Waals surface area contributed by atoms with E-state index in [1.807, 2.05) is 54.9 Å². The molecule has 0 atom stereocenters. The third kappa shape index (κ3) is 4.11. The molecule has 0 aliphatic carbocycles. The normalized spacial score (nSPS) is 11.2. The molecule has 0 fully saturated rings. The maximum atomic E-state index is 13.2. The lowest BCUT2D eigenvalue weighted by molar-refractivity contribution is 0.0953. The number of anilines is 1. The summed E-state index contributed by atoms with van der Waals surface area (Å²) in [5.41, 5.74) is 7.58. The van der Waals surface area contributed by atoms with Gasteiger partial charge in [-0.25, -0.2) is 10.8 Å². The number of fused-ring (bicyclic) bond motifs is 2. The lowest BCUT2D eigenvalue weighted by Crippen LogP contribution is -2.30. The van der Waals surface area contributed by atoms with Crippen LogP contribution in [0.5, 0.6) is 0 Å². The molecule has 10 nitrogen and oxygen atoms in total. The van der Waals surface area contributed by atoms with E-state index in [1.165, 1.54) is 6.20 Å². The van der Waals surface area contributed by atoms with Crippen molar-refractivity contribution in [3.63, 3.8) is 0 Å². The number of carbonyl (C=O) groups is 2. The first-order valence-electron chi connectivity index (χ1n) is 11.2. The smallest absolute Gasteiger partial charge is 0.274 e. The Morgan fingerprint density at radius 1 is 1.09 bits per heavy atom. The van der Waals surface area contributed by atoms with Gasteiger partial charge in [0.15, 0.2) is 0 Å². The number of hydrazine groups is 1. The van der Waals surface area contributed by atoms with E-state index in [1.54, 1.807) is 22.7 Å². The van der Waals surface area contributed by atoms with E-state index < -0.39 is 5.91 Å². The van der Waals surface area contributed by atoms with Crippen molar-refractivity contribution in [1.82, 2.24) is 29.6 Å². The Balaban J connectivity index is 1.49. The summed E-state index contributed by atoms with van der Waals surface area (Å²) >= 11 is 0. The number of benzene rings is 1. The zero-order chi connectivity index (χ0) is 24.5. The average molecular weight is 469 g/mol. The highest BCUT2D eigenvalue weighted by Gasteiger charge is 2.18. The predicted octanol–water partition coefficient (Wildman–Crippen LogP) is 2.85. The molecular weight excluding hydrogens is 444 g/mol. The highest BCUT2D eigenvalue weighted by Crippen LogP contribution is 2.28. The second-order valence-corrected chi connectivity index (χ2v) is 8.14. The summed E-state index contributed by atoms with van der Waals surface area (Å²) in [5.74, 6) is 4.45. The van der Waals surface area contributed by atoms with E-state index in [9.17, 15) is 9.59 Å². The van der Waals surface area contributed by atoms with Crippen molar-refractivity contribution in [1.29, 1.82) is 0 Å². The topological polar surface area (TPSA) is 132 Å². The van der Waals surface area contributed by atoms with Gasteiger partial charge in [0.05, 0.1) is 35.3 Å². The van der Waals surface area contributed by atoms with Gasteiger partial charge in [0.2, 0.25) is 0 Å². The lowest BCUT2D eigenvalue weighted by Gasteiger charge is -2.09. The van der Waals surface area contributed by atoms with Crippen molar-refractivity contribution < 1.29 is 9.59 Å². The second-order valence-electron chi connectivity index (χ2n) is 8.14. The van der Waals surface area contributed by atoms with Crippen LogP contribution in [0.1, 0.15) is 44.9 Å². The quantitative estimate of drug-likeness (QED) is 0.199. The van der Waals surface area contributed by atoms with Gasteiger partial charge in [0.25, 0.3) is 11.8 Å². The number of aryl methyl sites for hydroxylation is 2. The van der Waals surface area contributed by atoms with E-state index in [4.69, 9.17) is 10.9 Å². The standard InChI is InChI=1S/C25H24N8O2/c1-3-18-23-19(8-5-9-20(23)33(31-18)14-17-7-4-6-15(2)28-17)29-25(35)21-13-27-22-12-16(24(34)30-26)10-11-32(21)22/h4-13H,3,14,26H2,1-2H3,(H,29,35)(H,30,34). The fourth-order valence-corrected chi connectivity index (χ4v) is 4.18. The molecule has 0 saturated carbocycles. The van der Waals surface area contributed by atoms with Crippen molar-refractivity contribution in [2.45, 2.75) is 26.8 Å². The Labute approximate surface area is 200 Å². The molecule has 5 aromatic rings. The number of nitrogens with two attached hydrogens (primary N) is 1. The minimum atomic E-state index is -0.432. The van der Waals surface area contributed by atoms with Gasteiger partial charge in [-0.2, -0.15) is 5.10 Å². The monoisotopic (exact) mass is 468 g/mol. The maximum Gasteiger partial charge on any atom is 0.274 e. The van der Waals surface area contributed by atoms with Crippen molar-refractivity contribution in [3.8, 4) is 0 Å². The maximum absolute atomic E-state index is 13.2. The number of aromatic nitrogens is 5. The van der Waals surface area contributed by atoms with Crippen LogP contribution in [-0.2, 0) is 13.0 Å². The average Bonchev–Trinajstić information content (AvgIpc) is 3.45. The largest absolute Gasteiger partial charge is 0.320 e. The summed E-state index contributed by atoms with van der Waals surface area (Å²) in [6.45, 7) is 4.53. The van der Waals surface area contributed by atoms with Crippen LogP contribution in [0.3, 0.4) is 0 Å². The molecule has 0 aliphatic rings. The van der Waals surface area contributed by atoms with Gasteiger partial charge in [0.1, 0.15) is 11.3 Å². The minimum Gasteiger partial charge on any atom is -0.320 e. The third-order valence-electron chi connectivity index (χ3n) is 5.83. The molecule has 176 valence electrons. The molecule has 0 aliphatic heterocycles. The van der Waals surface area contributed by atoms with Crippen LogP contribution < -0.4 is 16.6 Å².